The molecule has 1 fully saturated rings. The van der Waals surface area contributed by atoms with Gasteiger partial charge in [0.05, 0.1) is 0 Å². The van der Waals surface area contributed by atoms with Crippen LogP contribution in [0.25, 0.3) is 11.1 Å². The van der Waals surface area contributed by atoms with Crippen molar-refractivity contribution < 1.29 is 4.39 Å². The molecule has 1 aliphatic carbocycles. The molecule has 0 aromatic heterocycles. The number of benzene rings is 2. The van der Waals surface area contributed by atoms with Gasteiger partial charge in [0.15, 0.2) is 0 Å². The molecular weight excluding hydrogens is 297 g/mol. The molecule has 24 heavy (non-hydrogen) atoms. The lowest BCUT2D eigenvalue weighted by molar-refractivity contribution is 0.235. The zero-order valence-corrected chi connectivity index (χ0v) is 14.8. The highest BCUT2D eigenvalue weighted by molar-refractivity contribution is 5.64. The molecule has 1 aliphatic rings. The maximum atomic E-state index is 13.8. The van der Waals surface area contributed by atoms with Crippen LogP contribution in [0, 0.1) is 24.6 Å². The van der Waals surface area contributed by atoms with E-state index in [1.165, 1.54) is 24.8 Å². The summed E-state index contributed by atoms with van der Waals surface area (Å²) >= 11 is 0. The van der Waals surface area contributed by atoms with Crippen LogP contribution in [0.2, 0.25) is 0 Å². The first-order valence-electron chi connectivity index (χ1n) is 9.15. The second kappa shape index (κ2) is 7.48. The highest BCUT2D eigenvalue weighted by Crippen LogP contribution is 2.42. The van der Waals surface area contributed by atoms with Crippen LogP contribution in [-0.2, 0) is 0 Å². The summed E-state index contributed by atoms with van der Waals surface area (Å²) in [5.41, 5.74) is 9.97. The van der Waals surface area contributed by atoms with Gasteiger partial charge in [-0.2, -0.15) is 0 Å². The standard InChI is InChI=1S/C22H28FN/c1-15-3-10-21(20(13-15)11-12-24)18-8-6-17(7-9-18)19-5-4-16(2)22(23)14-19/h4-9,14-15,20-21H,3,10-13,24H2,1-2H3. The number of nitrogens with two attached hydrogens (primary N) is 1. The molecule has 0 heterocycles. The lowest BCUT2D eigenvalue weighted by Crippen LogP contribution is -2.24. The molecule has 3 atom stereocenters. The summed E-state index contributed by atoms with van der Waals surface area (Å²) in [5, 5.41) is 0. The number of aryl methyl sites for hydroxylation is 1. The van der Waals surface area contributed by atoms with E-state index in [0.29, 0.717) is 17.4 Å². The normalized spacial score (nSPS) is 24.1. The third-order valence-electron chi connectivity index (χ3n) is 5.63. The van der Waals surface area contributed by atoms with Crippen molar-refractivity contribution in [2.45, 2.75) is 45.4 Å². The second-order valence-corrected chi connectivity index (χ2v) is 7.45. The van der Waals surface area contributed by atoms with Crippen LogP contribution in [-0.4, -0.2) is 6.54 Å². The molecular formula is C22H28FN. The lowest BCUT2D eigenvalue weighted by Gasteiger charge is -2.35. The van der Waals surface area contributed by atoms with Crippen LogP contribution in [0.4, 0.5) is 4.39 Å². The molecule has 3 rings (SSSR count). The zero-order valence-electron chi connectivity index (χ0n) is 14.8. The fourth-order valence-corrected chi connectivity index (χ4v) is 4.17. The van der Waals surface area contributed by atoms with E-state index < -0.39 is 0 Å². The monoisotopic (exact) mass is 325 g/mol. The van der Waals surface area contributed by atoms with Crippen molar-refractivity contribution in [2.75, 3.05) is 6.54 Å². The molecule has 2 N–H and O–H groups in total. The molecule has 0 saturated heterocycles. The van der Waals surface area contributed by atoms with Gasteiger partial charge in [-0.05, 0) is 78.8 Å². The molecule has 2 aromatic rings. The minimum Gasteiger partial charge on any atom is -0.330 e. The predicted octanol–water partition coefficient (Wildman–Crippen LogP) is 5.67. The van der Waals surface area contributed by atoms with Crippen molar-refractivity contribution in [1.82, 2.24) is 0 Å². The van der Waals surface area contributed by atoms with Crippen molar-refractivity contribution >= 4 is 0 Å². The van der Waals surface area contributed by atoms with Crippen molar-refractivity contribution in [3.63, 3.8) is 0 Å². The van der Waals surface area contributed by atoms with Crippen molar-refractivity contribution in [3.05, 3.63) is 59.4 Å². The largest absolute Gasteiger partial charge is 0.330 e. The third-order valence-corrected chi connectivity index (χ3v) is 5.63. The molecule has 2 aromatic carbocycles. The van der Waals surface area contributed by atoms with E-state index >= 15 is 0 Å². The Bertz CT molecular complexity index is 677. The molecule has 1 nitrogen and oxygen atoms in total. The summed E-state index contributed by atoms with van der Waals surface area (Å²) in [7, 11) is 0. The Morgan fingerprint density at radius 2 is 1.75 bits per heavy atom. The van der Waals surface area contributed by atoms with E-state index in [1.54, 1.807) is 13.0 Å². The number of hydrogen-bond donors (Lipinski definition) is 1. The molecule has 1 saturated carbocycles. The van der Waals surface area contributed by atoms with Gasteiger partial charge >= 0.3 is 0 Å². The van der Waals surface area contributed by atoms with Crippen LogP contribution < -0.4 is 5.73 Å². The first-order chi connectivity index (χ1) is 11.6. The quantitative estimate of drug-likeness (QED) is 0.770. The molecule has 0 bridgehead atoms. The Morgan fingerprint density at radius 1 is 1.04 bits per heavy atom. The SMILES string of the molecule is Cc1ccc(-c2ccc(C3CCC(C)CC3CCN)cc2)cc1F. The lowest BCUT2D eigenvalue weighted by atomic mass is 9.70. The minimum atomic E-state index is -0.138. The van der Waals surface area contributed by atoms with Crippen LogP contribution >= 0.6 is 0 Å². The third kappa shape index (κ3) is 3.70. The van der Waals surface area contributed by atoms with Crippen molar-refractivity contribution in [3.8, 4) is 11.1 Å². The van der Waals surface area contributed by atoms with Gasteiger partial charge in [-0.15, -0.1) is 0 Å². The highest BCUT2D eigenvalue weighted by Gasteiger charge is 2.29. The number of rotatable bonds is 4. The maximum absolute atomic E-state index is 13.8. The number of hydrogen-bond acceptors (Lipinski definition) is 1. The van der Waals surface area contributed by atoms with Gasteiger partial charge in [0.1, 0.15) is 5.82 Å². The molecule has 0 radical (unpaired) electrons. The molecule has 128 valence electrons. The van der Waals surface area contributed by atoms with Gasteiger partial charge in [0, 0.05) is 0 Å². The summed E-state index contributed by atoms with van der Waals surface area (Å²) in [4.78, 5) is 0. The zero-order chi connectivity index (χ0) is 17.1. The van der Waals surface area contributed by atoms with Gasteiger partial charge in [0.2, 0.25) is 0 Å². The molecule has 3 unspecified atom stereocenters. The molecule has 2 heteroatoms. The van der Waals surface area contributed by atoms with E-state index in [-0.39, 0.29) is 5.82 Å². The average molecular weight is 325 g/mol. The Labute approximate surface area is 145 Å². The summed E-state index contributed by atoms with van der Waals surface area (Å²) in [6, 6.07) is 14.2. The summed E-state index contributed by atoms with van der Waals surface area (Å²) in [5.74, 6) is 1.99. The fraction of sp³-hybridized carbons (Fsp3) is 0.455. The summed E-state index contributed by atoms with van der Waals surface area (Å²) in [6.07, 6.45) is 4.95. The van der Waals surface area contributed by atoms with Crippen LogP contribution in [0.5, 0.6) is 0 Å². The average Bonchev–Trinajstić information content (AvgIpc) is 2.58. The van der Waals surface area contributed by atoms with Gasteiger partial charge in [0.25, 0.3) is 0 Å². The topological polar surface area (TPSA) is 26.0 Å². The van der Waals surface area contributed by atoms with Crippen LogP contribution in [0.1, 0.15) is 49.7 Å². The van der Waals surface area contributed by atoms with E-state index in [9.17, 15) is 4.39 Å². The van der Waals surface area contributed by atoms with E-state index in [0.717, 1.165) is 30.0 Å². The molecule has 0 spiro atoms. The van der Waals surface area contributed by atoms with Gasteiger partial charge in [-0.1, -0.05) is 49.7 Å². The van der Waals surface area contributed by atoms with Crippen molar-refractivity contribution in [2.24, 2.45) is 17.6 Å². The summed E-state index contributed by atoms with van der Waals surface area (Å²) in [6.45, 7) is 4.92. The van der Waals surface area contributed by atoms with Gasteiger partial charge < -0.3 is 5.73 Å². The van der Waals surface area contributed by atoms with E-state index in [1.807, 2.05) is 12.1 Å². The Hall–Kier alpha value is -1.67. The first-order valence-corrected chi connectivity index (χ1v) is 9.15. The molecule has 0 amide bonds. The summed E-state index contributed by atoms with van der Waals surface area (Å²) < 4.78 is 13.8. The Morgan fingerprint density at radius 3 is 2.42 bits per heavy atom. The molecule has 0 aliphatic heterocycles. The Balaban J connectivity index is 1.81. The van der Waals surface area contributed by atoms with Gasteiger partial charge in [-0.3, -0.25) is 0 Å². The predicted molar refractivity (Wildman–Crippen MR) is 99.5 cm³/mol. The highest BCUT2D eigenvalue weighted by atomic mass is 19.1. The minimum absolute atomic E-state index is 0.138. The first kappa shape index (κ1) is 17.2. The Kier molecular flexibility index (Phi) is 5.35. The van der Waals surface area contributed by atoms with Crippen LogP contribution in [0.3, 0.4) is 0 Å². The second-order valence-electron chi connectivity index (χ2n) is 7.45. The maximum Gasteiger partial charge on any atom is 0.126 e. The van der Waals surface area contributed by atoms with Crippen LogP contribution in [0.15, 0.2) is 42.5 Å². The smallest absolute Gasteiger partial charge is 0.126 e. The fourth-order valence-electron chi connectivity index (χ4n) is 4.17. The number of halogens is 1. The van der Waals surface area contributed by atoms with Crippen molar-refractivity contribution in [1.29, 1.82) is 0 Å². The van der Waals surface area contributed by atoms with E-state index in [4.69, 9.17) is 5.73 Å². The van der Waals surface area contributed by atoms with E-state index in [2.05, 4.69) is 31.2 Å². The van der Waals surface area contributed by atoms with Gasteiger partial charge in [-0.25, -0.2) is 4.39 Å².